The zero-order valence-electron chi connectivity index (χ0n) is 18.6. The van der Waals surface area contributed by atoms with Crippen LogP contribution in [-0.4, -0.2) is 44.5 Å². The normalized spacial score (nSPS) is 21.1. The molecule has 0 radical (unpaired) electrons. The third-order valence-corrected chi connectivity index (χ3v) is 6.20. The molecular weight excluding hydrogens is 412 g/mol. The second kappa shape index (κ2) is 7.74. The van der Waals surface area contributed by atoms with E-state index in [1.54, 1.807) is 13.8 Å². The second-order valence-corrected chi connectivity index (χ2v) is 9.22. The molecular formula is C25H28O7. The summed E-state index contributed by atoms with van der Waals surface area (Å²) in [6, 6.07) is 4.02. The molecule has 0 saturated heterocycles. The molecule has 0 saturated carbocycles. The van der Waals surface area contributed by atoms with E-state index in [0.717, 1.165) is 11.6 Å². The number of carbonyl (C=O) groups excluding carboxylic acids is 1. The first-order valence-electron chi connectivity index (χ1n) is 10.6. The minimum atomic E-state index is -0.869. The number of hydrogen-bond acceptors (Lipinski definition) is 7. The van der Waals surface area contributed by atoms with E-state index in [1.165, 1.54) is 12.1 Å². The molecule has 32 heavy (non-hydrogen) atoms. The van der Waals surface area contributed by atoms with Crippen molar-refractivity contribution in [1.82, 2.24) is 0 Å². The molecule has 170 valence electrons. The first kappa shape index (κ1) is 22.0. The first-order chi connectivity index (χ1) is 15.0. The standard InChI is InChI=1S/C25H28O7/c1-12(2)5-7-15-21(29)20-22(30)17(14-8-6-13(26)9-18(14)27)11-31-24(20)16-10-19(28)25(3,4)32-23(15)16/h5-6,8-9,17,19,26-29H,7,10-11H2,1-4H3/t17-,19-/m1/s1. The number of Topliss-reactive ketones (excluding diaryl/α,β-unsaturated/α-hetero) is 1. The van der Waals surface area contributed by atoms with Crippen molar-refractivity contribution in [3.63, 3.8) is 0 Å². The third-order valence-electron chi connectivity index (χ3n) is 6.20. The SMILES string of the molecule is CC(C)=CCc1c(O)c2c(c3c1OC(C)(C)[C@H](O)C3)OC[C@H](c1ccc(O)cc1O)C2=O. The fraction of sp³-hybridized carbons (Fsp3) is 0.400. The predicted molar refractivity (Wildman–Crippen MR) is 118 cm³/mol. The Morgan fingerprint density at radius 2 is 1.91 bits per heavy atom. The van der Waals surface area contributed by atoms with Gasteiger partial charge in [-0.1, -0.05) is 17.7 Å². The summed E-state index contributed by atoms with van der Waals surface area (Å²) in [6.45, 7) is 7.38. The molecule has 2 aromatic carbocycles. The Kier molecular flexibility index (Phi) is 5.33. The molecule has 2 aliphatic rings. The zero-order chi connectivity index (χ0) is 23.4. The van der Waals surface area contributed by atoms with Crippen LogP contribution in [0, 0.1) is 0 Å². The number of fused-ring (bicyclic) bond motifs is 3. The van der Waals surface area contributed by atoms with Crippen molar-refractivity contribution in [2.45, 2.75) is 58.2 Å². The molecule has 0 spiro atoms. The van der Waals surface area contributed by atoms with Crippen LogP contribution in [0.3, 0.4) is 0 Å². The highest BCUT2D eigenvalue weighted by Crippen LogP contribution is 2.51. The van der Waals surface area contributed by atoms with Crippen LogP contribution in [0.4, 0.5) is 0 Å². The average molecular weight is 440 g/mol. The molecule has 2 atom stereocenters. The maximum atomic E-state index is 13.5. The number of ketones is 1. The van der Waals surface area contributed by atoms with Crippen LogP contribution in [0.2, 0.25) is 0 Å². The van der Waals surface area contributed by atoms with Crippen LogP contribution < -0.4 is 9.47 Å². The molecule has 2 aromatic rings. The fourth-order valence-electron chi connectivity index (χ4n) is 4.24. The number of aliphatic hydroxyl groups is 1. The zero-order valence-corrected chi connectivity index (χ0v) is 18.6. The lowest BCUT2D eigenvalue weighted by molar-refractivity contribution is -0.0426. The number of allylic oxidation sites excluding steroid dienone is 2. The van der Waals surface area contributed by atoms with Crippen LogP contribution in [0.15, 0.2) is 29.8 Å². The number of phenolic OH excluding ortho intramolecular Hbond substituents is 3. The summed E-state index contributed by atoms with van der Waals surface area (Å²) in [7, 11) is 0. The van der Waals surface area contributed by atoms with Crippen molar-refractivity contribution in [1.29, 1.82) is 0 Å². The highest BCUT2D eigenvalue weighted by atomic mass is 16.5. The molecule has 2 heterocycles. The molecule has 0 aromatic heterocycles. The number of aliphatic hydroxyl groups excluding tert-OH is 1. The van der Waals surface area contributed by atoms with Crippen molar-refractivity contribution < 1.29 is 34.7 Å². The van der Waals surface area contributed by atoms with Gasteiger partial charge in [0.15, 0.2) is 5.78 Å². The number of ether oxygens (including phenoxy) is 2. The van der Waals surface area contributed by atoms with E-state index in [4.69, 9.17) is 9.47 Å². The van der Waals surface area contributed by atoms with E-state index in [2.05, 4.69) is 0 Å². The Morgan fingerprint density at radius 1 is 1.19 bits per heavy atom. The molecule has 0 unspecified atom stereocenters. The summed E-state index contributed by atoms with van der Waals surface area (Å²) < 4.78 is 12.1. The van der Waals surface area contributed by atoms with Gasteiger partial charge in [-0.2, -0.15) is 0 Å². The monoisotopic (exact) mass is 440 g/mol. The van der Waals surface area contributed by atoms with E-state index < -0.39 is 23.4 Å². The Morgan fingerprint density at radius 3 is 2.56 bits per heavy atom. The van der Waals surface area contributed by atoms with Gasteiger partial charge < -0.3 is 29.9 Å². The lowest BCUT2D eigenvalue weighted by Crippen LogP contribution is -2.47. The van der Waals surface area contributed by atoms with Gasteiger partial charge in [0.05, 0.1) is 12.0 Å². The minimum absolute atomic E-state index is 0.0279. The van der Waals surface area contributed by atoms with Gasteiger partial charge in [0.25, 0.3) is 0 Å². The summed E-state index contributed by atoms with van der Waals surface area (Å²) in [6.07, 6.45) is 1.67. The molecule has 4 N–H and O–H groups in total. The number of hydrogen-bond donors (Lipinski definition) is 4. The summed E-state index contributed by atoms with van der Waals surface area (Å²) in [4.78, 5) is 13.5. The van der Waals surface area contributed by atoms with Gasteiger partial charge in [0.2, 0.25) is 0 Å². The Labute approximate surface area is 186 Å². The summed E-state index contributed by atoms with van der Waals surface area (Å²) in [5.74, 6) is -1.15. The Bertz CT molecular complexity index is 1130. The average Bonchev–Trinajstić information content (AvgIpc) is 2.69. The number of carbonyl (C=O) groups is 1. The van der Waals surface area contributed by atoms with E-state index in [9.17, 15) is 25.2 Å². The topological polar surface area (TPSA) is 116 Å². The molecule has 0 fully saturated rings. The van der Waals surface area contributed by atoms with Crippen molar-refractivity contribution in [2.75, 3.05) is 6.61 Å². The van der Waals surface area contributed by atoms with Crippen molar-refractivity contribution in [2.24, 2.45) is 0 Å². The summed E-state index contributed by atoms with van der Waals surface area (Å²) in [5, 5.41) is 41.7. The van der Waals surface area contributed by atoms with E-state index >= 15 is 0 Å². The molecule has 0 bridgehead atoms. The Hall–Kier alpha value is -3.19. The molecule has 0 amide bonds. The maximum absolute atomic E-state index is 13.5. The van der Waals surface area contributed by atoms with E-state index in [-0.39, 0.29) is 41.6 Å². The van der Waals surface area contributed by atoms with Gasteiger partial charge in [0.1, 0.15) is 46.5 Å². The molecule has 2 aliphatic heterocycles. The Balaban J connectivity index is 1.89. The maximum Gasteiger partial charge on any atom is 0.181 e. The van der Waals surface area contributed by atoms with Crippen molar-refractivity contribution in [3.05, 3.63) is 52.1 Å². The van der Waals surface area contributed by atoms with Gasteiger partial charge >= 0.3 is 0 Å². The lowest BCUT2D eigenvalue weighted by Gasteiger charge is -2.40. The predicted octanol–water partition coefficient (Wildman–Crippen LogP) is 3.75. The van der Waals surface area contributed by atoms with E-state index in [1.807, 2.05) is 19.9 Å². The van der Waals surface area contributed by atoms with Gasteiger partial charge in [-0.3, -0.25) is 4.79 Å². The second-order valence-electron chi connectivity index (χ2n) is 9.22. The third kappa shape index (κ3) is 3.56. The van der Waals surface area contributed by atoms with Gasteiger partial charge in [-0.05, 0) is 40.2 Å². The largest absolute Gasteiger partial charge is 0.508 e. The highest BCUT2D eigenvalue weighted by molar-refractivity contribution is 6.08. The van der Waals surface area contributed by atoms with Crippen LogP contribution >= 0.6 is 0 Å². The first-order valence-corrected chi connectivity index (χ1v) is 10.6. The smallest absolute Gasteiger partial charge is 0.181 e. The van der Waals surface area contributed by atoms with Gasteiger partial charge in [-0.15, -0.1) is 0 Å². The van der Waals surface area contributed by atoms with E-state index in [0.29, 0.717) is 28.9 Å². The van der Waals surface area contributed by atoms with Crippen LogP contribution in [0.25, 0.3) is 0 Å². The van der Waals surface area contributed by atoms with Crippen LogP contribution in [0.1, 0.15) is 60.7 Å². The number of rotatable bonds is 3. The summed E-state index contributed by atoms with van der Waals surface area (Å²) in [5.41, 5.74) is 1.53. The number of benzene rings is 2. The molecule has 0 aliphatic carbocycles. The van der Waals surface area contributed by atoms with Crippen LogP contribution in [-0.2, 0) is 12.8 Å². The number of aromatic hydroxyl groups is 3. The molecule has 4 rings (SSSR count). The van der Waals surface area contributed by atoms with Crippen molar-refractivity contribution >= 4 is 5.78 Å². The molecule has 7 nitrogen and oxygen atoms in total. The van der Waals surface area contributed by atoms with Crippen LogP contribution in [0.5, 0.6) is 28.7 Å². The van der Waals surface area contributed by atoms with Gasteiger partial charge in [0, 0.05) is 29.2 Å². The molecule has 7 heteroatoms. The minimum Gasteiger partial charge on any atom is -0.508 e. The number of phenols is 3. The summed E-state index contributed by atoms with van der Waals surface area (Å²) >= 11 is 0. The quantitative estimate of drug-likeness (QED) is 0.537. The lowest BCUT2D eigenvalue weighted by atomic mass is 9.82. The van der Waals surface area contributed by atoms with Crippen molar-refractivity contribution in [3.8, 4) is 28.7 Å². The fourth-order valence-corrected chi connectivity index (χ4v) is 4.24. The van der Waals surface area contributed by atoms with Gasteiger partial charge in [-0.25, -0.2) is 0 Å². The highest BCUT2D eigenvalue weighted by Gasteiger charge is 2.44.